The Bertz CT molecular complexity index is 1190. The SMILES string of the molecule is Cc1cc(C)cc(N=C2NC(=O)C(=Cc3cc(C)n(-c4ccc(I)cc4)c3C)S2)c1. The van der Waals surface area contributed by atoms with Crippen LogP contribution in [-0.4, -0.2) is 15.6 Å². The molecule has 1 amide bonds. The number of nitrogens with one attached hydrogen (secondary N) is 1. The number of aromatic nitrogens is 1. The van der Waals surface area contributed by atoms with Gasteiger partial charge in [0.15, 0.2) is 5.17 Å². The number of nitrogens with zero attached hydrogens (tertiary/aromatic N) is 2. The molecule has 6 heteroatoms. The largest absolute Gasteiger partial charge is 0.318 e. The molecule has 30 heavy (non-hydrogen) atoms. The van der Waals surface area contributed by atoms with Crippen molar-refractivity contribution in [1.29, 1.82) is 0 Å². The number of carbonyl (C=O) groups excluding carboxylic acids is 1. The monoisotopic (exact) mass is 527 g/mol. The molecule has 0 aliphatic carbocycles. The lowest BCUT2D eigenvalue weighted by molar-refractivity contribution is -0.115. The van der Waals surface area contributed by atoms with Crippen molar-refractivity contribution in [1.82, 2.24) is 9.88 Å². The van der Waals surface area contributed by atoms with Gasteiger partial charge in [-0.1, -0.05) is 6.07 Å². The summed E-state index contributed by atoms with van der Waals surface area (Å²) in [4.78, 5) is 17.8. The quantitative estimate of drug-likeness (QED) is 0.326. The molecule has 3 aromatic rings. The van der Waals surface area contributed by atoms with Crippen LogP contribution in [0.5, 0.6) is 0 Å². The van der Waals surface area contributed by atoms with Gasteiger partial charge in [-0.3, -0.25) is 4.79 Å². The average molecular weight is 527 g/mol. The summed E-state index contributed by atoms with van der Waals surface area (Å²) >= 11 is 3.69. The summed E-state index contributed by atoms with van der Waals surface area (Å²) in [5, 5.41) is 3.50. The molecule has 0 radical (unpaired) electrons. The highest BCUT2D eigenvalue weighted by molar-refractivity contribution is 14.1. The van der Waals surface area contributed by atoms with Crippen LogP contribution in [0.1, 0.15) is 28.1 Å². The van der Waals surface area contributed by atoms with Gasteiger partial charge in [0.2, 0.25) is 0 Å². The molecule has 2 heterocycles. The Labute approximate surface area is 194 Å². The predicted molar refractivity (Wildman–Crippen MR) is 135 cm³/mol. The number of aryl methyl sites for hydroxylation is 3. The minimum Gasteiger partial charge on any atom is -0.318 e. The third-order valence-corrected chi connectivity index (χ3v) is 6.56. The molecule has 4 nitrogen and oxygen atoms in total. The summed E-state index contributed by atoms with van der Waals surface area (Å²) in [5.74, 6) is -0.109. The van der Waals surface area contributed by atoms with Gasteiger partial charge in [0, 0.05) is 20.6 Å². The van der Waals surface area contributed by atoms with Crippen LogP contribution in [0.2, 0.25) is 0 Å². The molecule has 0 unspecified atom stereocenters. The zero-order valence-corrected chi connectivity index (χ0v) is 20.3. The molecule has 1 aromatic heterocycles. The van der Waals surface area contributed by atoms with E-state index < -0.39 is 0 Å². The van der Waals surface area contributed by atoms with E-state index in [1.807, 2.05) is 32.1 Å². The first-order chi connectivity index (χ1) is 14.3. The molecule has 152 valence electrons. The van der Waals surface area contributed by atoms with Crippen LogP contribution in [0.4, 0.5) is 5.69 Å². The topological polar surface area (TPSA) is 46.4 Å². The van der Waals surface area contributed by atoms with Crippen molar-refractivity contribution in [2.75, 3.05) is 0 Å². The zero-order chi connectivity index (χ0) is 21.4. The molecule has 0 bridgehead atoms. The maximum absolute atomic E-state index is 12.5. The van der Waals surface area contributed by atoms with Crippen LogP contribution in [0.25, 0.3) is 11.8 Å². The van der Waals surface area contributed by atoms with Crippen molar-refractivity contribution in [3.8, 4) is 5.69 Å². The molecular formula is C24H22IN3OS. The van der Waals surface area contributed by atoms with Crippen molar-refractivity contribution in [2.24, 2.45) is 4.99 Å². The number of benzene rings is 2. The highest BCUT2D eigenvalue weighted by Gasteiger charge is 2.24. The first kappa shape index (κ1) is 20.9. The number of aliphatic imine (C=N–C) groups is 1. The molecule has 0 atom stereocenters. The van der Waals surface area contributed by atoms with Gasteiger partial charge in [0.25, 0.3) is 5.91 Å². The molecular weight excluding hydrogens is 505 g/mol. The van der Waals surface area contributed by atoms with Gasteiger partial charge in [-0.05, 0) is 127 Å². The van der Waals surface area contributed by atoms with E-state index in [0.717, 1.165) is 39.5 Å². The van der Waals surface area contributed by atoms with Crippen molar-refractivity contribution < 1.29 is 4.79 Å². The van der Waals surface area contributed by atoms with E-state index in [0.29, 0.717) is 10.1 Å². The maximum Gasteiger partial charge on any atom is 0.264 e. The van der Waals surface area contributed by atoms with E-state index in [9.17, 15) is 4.79 Å². The van der Waals surface area contributed by atoms with Gasteiger partial charge in [-0.2, -0.15) is 0 Å². The summed E-state index contributed by atoms with van der Waals surface area (Å²) in [7, 11) is 0. The fourth-order valence-corrected chi connectivity index (χ4v) is 4.87. The number of thioether (sulfide) groups is 1. The minimum atomic E-state index is -0.109. The second-order valence-corrected chi connectivity index (χ2v) is 9.74. The zero-order valence-electron chi connectivity index (χ0n) is 17.3. The molecule has 1 aliphatic heterocycles. The second kappa shape index (κ2) is 8.43. The van der Waals surface area contributed by atoms with Crippen molar-refractivity contribution in [3.63, 3.8) is 0 Å². The van der Waals surface area contributed by atoms with E-state index in [2.05, 4.69) is 87.7 Å². The first-order valence-electron chi connectivity index (χ1n) is 9.63. The maximum atomic E-state index is 12.5. The van der Waals surface area contributed by atoms with E-state index in [-0.39, 0.29) is 5.91 Å². The van der Waals surface area contributed by atoms with Gasteiger partial charge in [-0.15, -0.1) is 0 Å². The Balaban J connectivity index is 1.64. The molecule has 0 saturated carbocycles. The van der Waals surface area contributed by atoms with E-state index in [1.165, 1.54) is 15.3 Å². The lowest BCUT2D eigenvalue weighted by Gasteiger charge is -2.09. The van der Waals surface area contributed by atoms with Crippen molar-refractivity contribution in [3.05, 3.63) is 85.1 Å². The van der Waals surface area contributed by atoms with Crippen LogP contribution < -0.4 is 5.32 Å². The van der Waals surface area contributed by atoms with Crippen LogP contribution in [0.15, 0.2) is 58.4 Å². The highest BCUT2D eigenvalue weighted by atomic mass is 127. The molecule has 0 spiro atoms. The Morgan fingerprint density at radius 3 is 2.33 bits per heavy atom. The highest BCUT2D eigenvalue weighted by Crippen LogP contribution is 2.31. The van der Waals surface area contributed by atoms with Crippen molar-refractivity contribution >= 4 is 57.2 Å². The number of carbonyl (C=O) groups is 1. The summed E-state index contributed by atoms with van der Waals surface area (Å²) in [6.45, 7) is 8.26. The molecule has 2 aromatic carbocycles. The van der Waals surface area contributed by atoms with E-state index in [4.69, 9.17) is 0 Å². The third-order valence-electron chi connectivity index (χ3n) is 4.93. The summed E-state index contributed by atoms with van der Waals surface area (Å²) < 4.78 is 3.42. The number of halogens is 1. The Morgan fingerprint density at radius 2 is 1.67 bits per heavy atom. The third kappa shape index (κ3) is 4.39. The molecule has 1 fully saturated rings. The number of rotatable bonds is 3. The lowest BCUT2D eigenvalue weighted by Crippen LogP contribution is -2.19. The van der Waals surface area contributed by atoms with Gasteiger partial charge in [-0.25, -0.2) is 4.99 Å². The van der Waals surface area contributed by atoms with Crippen LogP contribution >= 0.6 is 34.4 Å². The van der Waals surface area contributed by atoms with Crippen LogP contribution in [0.3, 0.4) is 0 Å². The van der Waals surface area contributed by atoms with Gasteiger partial charge < -0.3 is 9.88 Å². The summed E-state index contributed by atoms with van der Waals surface area (Å²) in [6.07, 6.45) is 1.95. The van der Waals surface area contributed by atoms with E-state index in [1.54, 1.807) is 0 Å². The van der Waals surface area contributed by atoms with Crippen LogP contribution in [-0.2, 0) is 4.79 Å². The standard InChI is InChI=1S/C24H22IN3OS/c1-14-9-15(2)11-20(10-14)26-24-27-23(29)22(30-24)13-18-12-16(3)28(17(18)4)21-7-5-19(25)6-8-21/h5-13H,1-4H3,(H,26,27,29). The Kier molecular flexibility index (Phi) is 5.88. The normalized spacial score (nSPS) is 16.5. The van der Waals surface area contributed by atoms with Gasteiger partial charge in [0.1, 0.15) is 0 Å². The number of amides is 1. The number of amidine groups is 1. The summed E-state index contributed by atoms with van der Waals surface area (Å²) in [5.41, 5.74) is 7.56. The molecule has 1 N–H and O–H groups in total. The lowest BCUT2D eigenvalue weighted by atomic mass is 10.1. The molecule has 1 saturated heterocycles. The van der Waals surface area contributed by atoms with Gasteiger partial charge in [0.05, 0.1) is 10.6 Å². The average Bonchev–Trinajstić information content (AvgIpc) is 3.14. The minimum absolute atomic E-state index is 0.109. The number of hydrogen-bond acceptors (Lipinski definition) is 3. The fraction of sp³-hybridized carbons (Fsp3) is 0.167. The second-order valence-electron chi connectivity index (χ2n) is 7.47. The smallest absolute Gasteiger partial charge is 0.264 e. The Morgan fingerprint density at radius 1 is 1.00 bits per heavy atom. The predicted octanol–water partition coefficient (Wildman–Crippen LogP) is 6.21. The van der Waals surface area contributed by atoms with Crippen LogP contribution in [0, 0.1) is 31.3 Å². The Hall–Kier alpha value is -2.32. The van der Waals surface area contributed by atoms with E-state index >= 15 is 0 Å². The van der Waals surface area contributed by atoms with Crippen molar-refractivity contribution in [2.45, 2.75) is 27.7 Å². The van der Waals surface area contributed by atoms with Gasteiger partial charge >= 0.3 is 0 Å². The number of hydrogen-bond donors (Lipinski definition) is 1. The molecule has 1 aliphatic rings. The fourth-order valence-electron chi connectivity index (χ4n) is 3.68. The first-order valence-corrected chi connectivity index (χ1v) is 11.5. The molecule has 4 rings (SSSR count). The summed E-state index contributed by atoms with van der Waals surface area (Å²) in [6, 6.07) is 16.7.